The lowest BCUT2D eigenvalue weighted by molar-refractivity contribution is 0.112. The number of piperidine rings is 1. The zero-order valence-electron chi connectivity index (χ0n) is 13.5. The summed E-state index contributed by atoms with van der Waals surface area (Å²) in [7, 11) is 1.76. The van der Waals surface area contributed by atoms with E-state index in [1.165, 1.54) is 15.8 Å². The van der Waals surface area contributed by atoms with E-state index < -0.39 is 6.09 Å². The quantitative estimate of drug-likeness (QED) is 0.919. The number of hydrogen-bond donors (Lipinski definition) is 1. The van der Waals surface area contributed by atoms with Gasteiger partial charge in [0.2, 0.25) is 0 Å². The number of benzene rings is 1. The molecule has 0 aliphatic carbocycles. The maximum absolute atomic E-state index is 12.6. The largest absolute Gasteiger partial charge is 0.465 e. The van der Waals surface area contributed by atoms with E-state index in [9.17, 15) is 9.59 Å². The van der Waals surface area contributed by atoms with Crippen LogP contribution in [0.1, 0.15) is 12.8 Å². The molecule has 1 aromatic carbocycles. The summed E-state index contributed by atoms with van der Waals surface area (Å²) in [6.07, 6.45) is 3.64. The van der Waals surface area contributed by atoms with Crippen LogP contribution >= 0.6 is 0 Å². The van der Waals surface area contributed by atoms with E-state index in [1.54, 1.807) is 18.1 Å². The highest BCUT2D eigenvalue weighted by Crippen LogP contribution is 2.19. The molecule has 7 heteroatoms. The summed E-state index contributed by atoms with van der Waals surface area (Å²) in [6, 6.07) is 9.57. The Hall–Kier alpha value is -2.83. The van der Waals surface area contributed by atoms with Crippen LogP contribution in [-0.4, -0.2) is 62.8 Å². The molecule has 0 spiro atoms. The first-order chi connectivity index (χ1) is 11.6. The van der Waals surface area contributed by atoms with Crippen LogP contribution in [0.2, 0.25) is 0 Å². The number of carbonyl (C=O) groups is 2. The molecule has 1 aliphatic heterocycles. The van der Waals surface area contributed by atoms with Gasteiger partial charge in [0.1, 0.15) is 6.33 Å². The number of amides is 2. The van der Waals surface area contributed by atoms with Crippen LogP contribution in [0.3, 0.4) is 0 Å². The first-order valence-corrected chi connectivity index (χ1v) is 7.90. The Morgan fingerprint density at radius 3 is 2.50 bits per heavy atom. The van der Waals surface area contributed by atoms with Crippen molar-refractivity contribution in [2.75, 3.05) is 20.1 Å². The van der Waals surface area contributed by atoms with Gasteiger partial charge in [-0.05, 0) is 12.8 Å². The summed E-state index contributed by atoms with van der Waals surface area (Å²) in [5.41, 5.74) is 1.71. The molecule has 1 aliphatic rings. The van der Waals surface area contributed by atoms with Crippen LogP contribution < -0.4 is 0 Å². The molecule has 126 valence electrons. The molecule has 3 rings (SSSR count). The van der Waals surface area contributed by atoms with E-state index in [2.05, 4.69) is 4.98 Å². The summed E-state index contributed by atoms with van der Waals surface area (Å²) in [5.74, 6) is 0. The Labute approximate surface area is 140 Å². The number of nitrogens with zero attached hydrogens (tertiary/aromatic N) is 4. The van der Waals surface area contributed by atoms with Crippen LogP contribution in [0.15, 0.2) is 42.9 Å². The number of carboxylic acid groups (broad SMARTS) is 1. The Kier molecular flexibility index (Phi) is 4.50. The predicted molar refractivity (Wildman–Crippen MR) is 88.8 cm³/mol. The molecule has 0 radical (unpaired) electrons. The van der Waals surface area contributed by atoms with Gasteiger partial charge in [0.25, 0.3) is 0 Å². The van der Waals surface area contributed by atoms with Crippen molar-refractivity contribution in [1.29, 1.82) is 0 Å². The van der Waals surface area contributed by atoms with Gasteiger partial charge < -0.3 is 14.9 Å². The van der Waals surface area contributed by atoms with Crippen molar-refractivity contribution in [1.82, 2.24) is 19.4 Å². The van der Waals surface area contributed by atoms with Crippen molar-refractivity contribution in [3.05, 3.63) is 42.9 Å². The minimum Gasteiger partial charge on any atom is -0.465 e. The van der Waals surface area contributed by atoms with Crippen LogP contribution in [0.4, 0.5) is 9.59 Å². The van der Waals surface area contributed by atoms with Gasteiger partial charge >= 0.3 is 12.1 Å². The third-order valence-corrected chi connectivity index (χ3v) is 4.46. The van der Waals surface area contributed by atoms with E-state index in [-0.39, 0.29) is 12.1 Å². The van der Waals surface area contributed by atoms with Gasteiger partial charge in [0, 0.05) is 37.9 Å². The molecule has 1 aromatic heterocycles. The second-order valence-electron chi connectivity index (χ2n) is 5.93. The van der Waals surface area contributed by atoms with Crippen LogP contribution in [0.5, 0.6) is 0 Å². The van der Waals surface area contributed by atoms with Crippen LogP contribution in [0, 0.1) is 0 Å². The van der Waals surface area contributed by atoms with Gasteiger partial charge in [-0.25, -0.2) is 14.6 Å². The van der Waals surface area contributed by atoms with Crippen LogP contribution in [0.25, 0.3) is 11.3 Å². The maximum atomic E-state index is 12.6. The SMILES string of the molecule is CN(C(=O)n1cnc(-c2ccccc2)c1)C1CCN(C(=O)O)CC1. The predicted octanol–water partition coefficient (Wildman–Crippen LogP) is 2.59. The molecule has 2 heterocycles. The third-order valence-electron chi connectivity index (χ3n) is 4.46. The Morgan fingerprint density at radius 2 is 1.88 bits per heavy atom. The maximum Gasteiger partial charge on any atom is 0.407 e. The minimum atomic E-state index is -0.899. The van der Waals surface area contributed by atoms with E-state index >= 15 is 0 Å². The van der Waals surface area contributed by atoms with Crippen molar-refractivity contribution >= 4 is 12.1 Å². The Balaban J connectivity index is 1.66. The van der Waals surface area contributed by atoms with Gasteiger partial charge in [-0.2, -0.15) is 0 Å². The number of carbonyl (C=O) groups excluding carboxylic acids is 1. The summed E-state index contributed by atoms with van der Waals surface area (Å²) >= 11 is 0. The second kappa shape index (κ2) is 6.74. The third kappa shape index (κ3) is 3.24. The fraction of sp³-hybridized carbons (Fsp3) is 0.353. The molecule has 0 bridgehead atoms. The molecule has 1 fully saturated rings. The Morgan fingerprint density at radius 1 is 1.21 bits per heavy atom. The lowest BCUT2D eigenvalue weighted by atomic mass is 10.0. The van der Waals surface area contributed by atoms with Gasteiger partial charge in [-0.3, -0.25) is 4.57 Å². The zero-order chi connectivity index (χ0) is 17.1. The van der Waals surface area contributed by atoms with Crippen molar-refractivity contribution in [2.45, 2.75) is 18.9 Å². The molecule has 0 saturated carbocycles. The second-order valence-corrected chi connectivity index (χ2v) is 5.93. The van der Waals surface area contributed by atoms with Gasteiger partial charge in [-0.1, -0.05) is 30.3 Å². The Bertz CT molecular complexity index is 720. The molecule has 0 atom stereocenters. The van der Waals surface area contributed by atoms with E-state index in [0.29, 0.717) is 25.9 Å². The zero-order valence-corrected chi connectivity index (χ0v) is 13.5. The number of aromatic nitrogens is 2. The normalized spacial score (nSPS) is 15.3. The summed E-state index contributed by atoms with van der Waals surface area (Å²) in [6.45, 7) is 0.910. The van der Waals surface area contributed by atoms with E-state index in [1.807, 2.05) is 30.3 Å². The molecular weight excluding hydrogens is 308 g/mol. The fourth-order valence-electron chi connectivity index (χ4n) is 2.97. The highest BCUT2D eigenvalue weighted by molar-refractivity contribution is 5.78. The molecule has 24 heavy (non-hydrogen) atoms. The number of likely N-dealkylation sites (tertiary alicyclic amines) is 1. The van der Waals surface area contributed by atoms with Gasteiger partial charge in [0.15, 0.2) is 0 Å². The highest BCUT2D eigenvalue weighted by Gasteiger charge is 2.28. The first kappa shape index (κ1) is 16.0. The first-order valence-electron chi connectivity index (χ1n) is 7.90. The molecule has 7 nitrogen and oxygen atoms in total. The number of rotatable bonds is 2. The van der Waals surface area contributed by atoms with Crippen molar-refractivity contribution < 1.29 is 14.7 Å². The molecule has 2 amide bonds. The number of hydrogen-bond acceptors (Lipinski definition) is 3. The lowest BCUT2D eigenvalue weighted by Crippen LogP contribution is -2.47. The smallest absolute Gasteiger partial charge is 0.407 e. The van der Waals surface area contributed by atoms with E-state index in [0.717, 1.165) is 11.3 Å². The molecular formula is C17H20N4O3. The average molecular weight is 328 g/mol. The molecule has 2 aromatic rings. The molecule has 1 N–H and O–H groups in total. The van der Waals surface area contributed by atoms with Crippen molar-refractivity contribution in [2.24, 2.45) is 0 Å². The summed E-state index contributed by atoms with van der Waals surface area (Å²) < 4.78 is 1.48. The summed E-state index contributed by atoms with van der Waals surface area (Å²) in [5, 5.41) is 8.99. The average Bonchev–Trinajstić information content (AvgIpc) is 3.11. The van der Waals surface area contributed by atoms with Crippen molar-refractivity contribution in [3.8, 4) is 11.3 Å². The van der Waals surface area contributed by atoms with Gasteiger partial charge in [0.05, 0.1) is 5.69 Å². The molecule has 1 saturated heterocycles. The monoisotopic (exact) mass is 328 g/mol. The number of imidazole rings is 1. The minimum absolute atomic E-state index is 0.0377. The summed E-state index contributed by atoms with van der Waals surface area (Å²) in [4.78, 5) is 30.9. The van der Waals surface area contributed by atoms with Crippen LogP contribution in [-0.2, 0) is 0 Å². The molecule has 0 unspecified atom stereocenters. The van der Waals surface area contributed by atoms with E-state index in [4.69, 9.17) is 5.11 Å². The van der Waals surface area contributed by atoms with Gasteiger partial charge in [-0.15, -0.1) is 0 Å². The van der Waals surface area contributed by atoms with Crippen molar-refractivity contribution in [3.63, 3.8) is 0 Å². The topological polar surface area (TPSA) is 78.7 Å². The standard InChI is InChI=1S/C17H20N4O3/c1-19(14-7-9-20(10-8-14)17(23)24)16(22)21-11-15(18-12-21)13-5-3-2-4-6-13/h2-6,11-12,14H,7-10H2,1H3,(H,23,24). The highest BCUT2D eigenvalue weighted by atomic mass is 16.4. The fourth-order valence-corrected chi connectivity index (χ4v) is 2.97. The lowest BCUT2D eigenvalue weighted by Gasteiger charge is -2.35.